The van der Waals surface area contributed by atoms with Crippen molar-refractivity contribution in [2.24, 2.45) is 58.2 Å². The Balaban J connectivity index is 1.60. The van der Waals surface area contributed by atoms with Crippen molar-refractivity contribution in [1.82, 2.24) is 0 Å². The first-order valence-electron chi connectivity index (χ1n) is 11.0. The lowest BCUT2D eigenvalue weighted by Gasteiger charge is -2.65. The average molecular weight is 386 g/mol. The Morgan fingerprint density at radius 1 is 0.926 bits per heavy atom. The molecule has 6 aliphatic carbocycles. The molecule has 5 heteroatoms. The maximum atomic E-state index is 14.8. The molecule has 0 spiro atoms. The first kappa shape index (κ1) is 18.7. The molecule has 0 amide bonds. The van der Waals surface area contributed by atoms with Crippen LogP contribution in [-0.2, 0) is 4.89 Å². The van der Waals surface area contributed by atoms with E-state index in [1.807, 2.05) is 13.8 Å². The van der Waals surface area contributed by atoms with Crippen LogP contribution in [0.1, 0.15) is 65.7 Å². The topological polar surface area (TPSA) is 29.5 Å². The normalized spacial score (nSPS) is 57.4. The average Bonchev–Trinajstić information content (AvgIpc) is 3.10. The van der Waals surface area contributed by atoms with Gasteiger partial charge in [0.1, 0.15) is 6.10 Å². The van der Waals surface area contributed by atoms with Gasteiger partial charge in [-0.2, -0.15) is 13.2 Å². The molecule has 0 aliphatic heterocycles. The molecule has 27 heavy (non-hydrogen) atoms. The highest BCUT2D eigenvalue weighted by atomic mass is 19.4. The molecule has 154 valence electrons. The smallest absolute Gasteiger partial charge is 0.251 e. The summed E-state index contributed by atoms with van der Waals surface area (Å²) in [6, 6.07) is 0. The van der Waals surface area contributed by atoms with Crippen molar-refractivity contribution < 1.29 is 23.3 Å². The standard InChI is InChI=1S/C22H33F3O2/c1-11-12(2)18-9-15(11)10-21(18,22(23,24)25)19(27-26)20(3)16-5-13-4-14(7-16)8-17(20)6-13/h11-19,26H,4-10H2,1-3H3. The molecule has 6 aliphatic rings. The van der Waals surface area contributed by atoms with Crippen LogP contribution in [0.2, 0.25) is 0 Å². The van der Waals surface area contributed by atoms with E-state index in [0.717, 1.165) is 25.7 Å². The predicted octanol–water partition coefficient (Wildman–Crippen LogP) is 6.17. The molecule has 1 N–H and O–H groups in total. The van der Waals surface area contributed by atoms with Crippen molar-refractivity contribution in [3.05, 3.63) is 0 Å². The molecule has 6 unspecified atom stereocenters. The summed E-state index contributed by atoms with van der Waals surface area (Å²) < 4.78 is 44.4. The lowest BCUT2D eigenvalue weighted by Crippen LogP contribution is -2.66. The van der Waals surface area contributed by atoms with Crippen molar-refractivity contribution in [2.75, 3.05) is 0 Å². The lowest BCUT2D eigenvalue weighted by atomic mass is 9.41. The Labute approximate surface area is 160 Å². The van der Waals surface area contributed by atoms with E-state index in [0.29, 0.717) is 24.2 Å². The molecule has 6 saturated carbocycles. The van der Waals surface area contributed by atoms with Gasteiger partial charge in [0, 0.05) is 5.41 Å². The van der Waals surface area contributed by atoms with E-state index in [1.54, 1.807) is 0 Å². The third-order valence-corrected chi connectivity index (χ3v) is 10.6. The van der Waals surface area contributed by atoms with Crippen molar-refractivity contribution in [3.63, 3.8) is 0 Å². The van der Waals surface area contributed by atoms with Gasteiger partial charge in [-0.1, -0.05) is 20.8 Å². The van der Waals surface area contributed by atoms with Gasteiger partial charge in [-0.15, -0.1) is 0 Å². The molecule has 6 bridgehead atoms. The summed E-state index contributed by atoms with van der Waals surface area (Å²) in [6.07, 6.45) is 0.676. The zero-order chi connectivity index (χ0) is 19.4. The fourth-order valence-corrected chi connectivity index (χ4v) is 9.25. The van der Waals surface area contributed by atoms with Crippen LogP contribution in [0.25, 0.3) is 0 Å². The minimum atomic E-state index is -4.34. The van der Waals surface area contributed by atoms with Gasteiger partial charge in [0.25, 0.3) is 0 Å². The Kier molecular flexibility index (Phi) is 3.92. The van der Waals surface area contributed by atoms with E-state index in [1.165, 1.54) is 6.42 Å². The molecule has 2 nitrogen and oxygen atoms in total. The summed E-state index contributed by atoms with van der Waals surface area (Å²) in [4.78, 5) is 5.01. The Morgan fingerprint density at radius 2 is 1.48 bits per heavy atom. The van der Waals surface area contributed by atoms with Crippen LogP contribution in [0.3, 0.4) is 0 Å². The van der Waals surface area contributed by atoms with Crippen LogP contribution in [0, 0.1) is 58.2 Å². The largest absolute Gasteiger partial charge is 0.397 e. The van der Waals surface area contributed by atoms with Crippen molar-refractivity contribution in [1.29, 1.82) is 0 Å². The fourth-order valence-electron chi connectivity index (χ4n) is 9.25. The number of rotatable bonds is 3. The number of fused-ring (bicyclic) bond motifs is 2. The quantitative estimate of drug-likeness (QED) is 0.464. The number of alkyl halides is 3. The van der Waals surface area contributed by atoms with Gasteiger partial charge in [0.15, 0.2) is 0 Å². The summed E-state index contributed by atoms with van der Waals surface area (Å²) in [5.41, 5.74) is -2.45. The third-order valence-electron chi connectivity index (χ3n) is 10.6. The molecule has 0 radical (unpaired) electrons. The monoisotopic (exact) mass is 386 g/mol. The zero-order valence-electron chi connectivity index (χ0n) is 16.6. The Hall–Kier alpha value is -0.290. The van der Waals surface area contributed by atoms with Crippen molar-refractivity contribution in [3.8, 4) is 0 Å². The molecule has 6 atom stereocenters. The fraction of sp³-hybridized carbons (Fsp3) is 1.00. The maximum Gasteiger partial charge on any atom is 0.397 e. The maximum absolute atomic E-state index is 14.8. The highest BCUT2D eigenvalue weighted by Gasteiger charge is 2.76. The number of hydrogen-bond donors (Lipinski definition) is 1. The van der Waals surface area contributed by atoms with Crippen LogP contribution in [-0.4, -0.2) is 17.5 Å². The number of halogens is 3. The van der Waals surface area contributed by atoms with Crippen molar-refractivity contribution >= 4 is 0 Å². The van der Waals surface area contributed by atoms with E-state index in [4.69, 9.17) is 4.89 Å². The van der Waals surface area contributed by atoms with Crippen LogP contribution >= 0.6 is 0 Å². The van der Waals surface area contributed by atoms with E-state index in [2.05, 4.69) is 6.92 Å². The van der Waals surface area contributed by atoms with Crippen LogP contribution in [0.15, 0.2) is 0 Å². The highest BCUT2D eigenvalue weighted by Crippen LogP contribution is 2.73. The van der Waals surface area contributed by atoms with Crippen molar-refractivity contribution in [2.45, 2.75) is 78.0 Å². The molecule has 0 aromatic heterocycles. The zero-order valence-corrected chi connectivity index (χ0v) is 16.6. The van der Waals surface area contributed by atoms with Gasteiger partial charge >= 0.3 is 6.18 Å². The Morgan fingerprint density at radius 3 is 1.89 bits per heavy atom. The summed E-state index contributed by atoms with van der Waals surface area (Å²) in [5.74, 6) is 1.92. The summed E-state index contributed by atoms with van der Waals surface area (Å²) >= 11 is 0. The molecule has 6 fully saturated rings. The van der Waals surface area contributed by atoms with E-state index in [-0.39, 0.29) is 30.1 Å². The molecule has 0 aromatic rings. The molecule has 0 aromatic carbocycles. The van der Waals surface area contributed by atoms with Gasteiger partial charge in [-0.25, -0.2) is 4.89 Å². The first-order chi connectivity index (χ1) is 12.6. The van der Waals surface area contributed by atoms with Crippen LogP contribution in [0.5, 0.6) is 0 Å². The van der Waals surface area contributed by atoms with Gasteiger partial charge in [-0.05, 0) is 92.3 Å². The summed E-state index contributed by atoms with van der Waals surface area (Å²) in [7, 11) is 0. The summed E-state index contributed by atoms with van der Waals surface area (Å²) in [6.45, 7) is 6.13. The second kappa shape index (κ2) is 5.65. The van der Waals surface area contributed by atoms with Gasteiger partial charge < -0.3 is 0 Å². The van der Waals surface area contributed by atoms with E-state index >= 15 is 0 Å². The second-order valence-electron chi connectivity index (χ2n) is 11.2. The predicted molar refractivity (Wildman–Crippen MR) is 95.7 cm³/mol. The third kappa shape index (κ3) is 2.16. The Bertz CT molecular complexity index is 587. The van der Waals surface area contributed by atoms with Gasteiger partial charge in [0.2, 0.25) is 0 Å². The van der Waals surface area contributed by atoms with Gasteiger partial charge in [-0.3, -0.25) is 5.26 Å². The number of hydrogen-bond acceptors (Lipinski definition) is 2. The first-order valence-corrected chi connectivity index (χ1v) is 11.0. The molecule has 0 saturated heterocycles. The van der Waals surface area contributed by atoms with E-state index in [9.17, 15) is 18.4 Å². The second-order valence-corrected chi connectivity index (χ2v) is 11.2. The van der Waals surface area contributed by atoms with Crippen LogP contribution in [0.4, 0.5) is 13.2 Å². The highest BCUT2D eigenvalue weighted by molar-refractivity contribution is 5.18. The molecular formula is C22H33F3O2. The minimum absolute atomic E-state index is 0.0310. The molecular weight excluding hydrogens is 353 g/mol. The SMILES string of the molecule is CC1C2CC(C1C)C(C(OO)C1(C)C3CC4CC(C3)CC1C4)(C(F)(F)F)C2. The van der Waals surface area contributed by atoms with Gasteiger partial charge in [0.05, 0.1) is 5.41 Å². The lowest BCUT2D eigenvalue weighted by molar-refractivity contribution is -0.401. The minimum Gasteiger partial charge on any atom is -0.251 e. The van der Waals surface area contributed by atoms with E-state index < -0.39 is 29.0 Å². The molecule has 0 heterocycles. The molecule has 6 rings (SSSR count). The summed E-state index contributed by atoms with van der Waals surface area (Å²) in [5, 5.41) is 10.0. The van der Waals surface area contributed by atoms with Crippen LogP contribution < -0.4 is 0 Å².